The van der Waals surface area contributed by atoms with Crippen LogP contribution in [0, 0.1) is 20.8 Å². The summed E-state index contributed by atoms with van der Waals surface area (Å²) < 4.78 is 29.6. The molecule has 0 radical (unpaired) electrons. The normalized spacial score (nSPS) is 11.9. The SMILES string of the molecule is CCCNC(=O)C(Cc1ccccc1)N(Cc1ccccc1C)C(=O)CN(c1cccc(Cl)c1C)S(=O)(=O)c1ccc(C)cc1. The summed E-state index contributed by atoms with van der Waals surface area (Å²) >= 11 is 6.46. The number of carbonyl (C=O) groups is 2. The van der Waals surface area contributed by atoms with Crippen molar-refractivity contribution in [1.29, 1.82) is 0 Å². The van der Waals surface area contributed by atoms with Crippen LogP contribution in [-0.2, 0) is 32.6 Å². The lowest BCUT2D eigenvalue weighted by Crippen LogP contribution is -2.53. The molecule has 0 saturated carbocycles. The van der Waals surface area contributed by atoms with Crippen molar-refractivity contribution in [2.24, 2.45) is 0 Å². The van der Waals surface area contributed by atoms with Crippen LogP contribution in [0.5, 0.6) is 0 Å². The Morgan fingerprint density at radius 2 is 1.51 bits per heavy atom. The van der Waals surface area contributed by atoms with Gasteiger partial charge in [0.15, 0.2) is 0 Å². The number of rotatable bonds is 13. The molecule has 45 heavy (non-hydrogen) atoms. The number of benzene rings is 4. The third kappa shape index (κ3) is 8.32. The molecule has 0 saturated heterocycles. The van der Waals surface area contributed by atoms with E-state index < -0.39 is 28.5 Å². The van der Waals surface area contributed by atoms with Crippen LogP contribution < -0.4 is 9.62 Å². The zero-order valence-corrected chi connectivity index (χ0v) is 27.7. The molecule has 4 aromatic rings. The topological polar surface area (TPSA) is 86.8 Å². The fourth-order valence-corrected chi connectivity index (χ4v) is 6.75. The van der Waals surface area contributed by atoms with E-state index in [1.807, 2.05) is 75.4 Å². The highest BCUT2D eigenvalue weighted by atomic mass is 35.5. The number of aryl methyl sites for hydroxylation is 2. The summed E-state index contributed by atoms with van der Waals surface area (Å²) in [7, 11) is -4.21. The van der Waals surface area contributed by atoms with Gasteiger partial charge in [-0.15, -0.1) is 0 Å². The van der Waals surface area contributed by atoms with E-state index in [1.165, 1.54) is 17.0 Å². The number of hydrogen-bond donors (Lipinski definition) is 1. The van der Waals surface area contributed by atoms with Gasteiger partial charge >= 0.3 is 0 Å². The molecule has 4 rings (SSSR count). The van der Waals surface area contributed by atoms with Gasteiger partial charge in [0.2, 0.25) is 11.8 Å². The second-order valence-electron chi connectivity index (χ2n) is 11.2. The third-order valence-electron chi connectivity index (χ3n) is 7.82. The van der Waals surface area contributed by atoms with Gasteiger partial charge in [0.05, 0.1) is 10.6 Å². The van der Waals surface area contributed by atoms with Crippen molar-refractivity contribution in [2.45, 2.75) is 58.0 Å². The van der Waals surface area contributed by atoms with E-state index >= 15 is 0 Å². The van der Waals surface area contributed by atoms with E-state index in [1.54, 1.807) is 37.3 Å². The number of anilines is 1. The van der Waals surface area contributed by atoms with E-state index in [4.69, 9.17) is 11.6 Å². The molecule has 0 spiro atoms. The third-order valence-corrected chi connectivity index (χ3v) is 10.0. The molecular weight excluding hydrogens is 606 g/mol. The van der Waals surface area contributed by atoms with Gasteiger partial charge in [-0.1, -0.05) is 96.9 Å². The molecule has 4 aromatic carbocycles. The van der Waals surface area contributed by atoms with Crippen molar-refractivity contribution in [3.05, 3.63) is 130 Å². The standard InChI is InChI=1S/C36H40ClN3O4S/c1-5-22-38-36(42)34(23-29-13-7-6-8-14-29)39(24-30-15-10-9-12-27(30)3)35(41)25-40(33-17-11-16-32(37)28(33)4)45(43,44)31-20-18-26(2)19-21-31/h6-21,34H,5,22-25H2,1-4H3,(H,38,42). The maximum atomic E-state index is 14.6. The van der Waals surface area contributed by atoms with Crippen LogP contribution in [0.2, 0.25) is 5.02 Å². The number of hydrogen-bond acceptors (Lipinski definition) is 4. The average Bonchev–Trinajstić information content (AvgIpc) is 3.03. The molecule has 0 aliphatic carbocycles. The molecule has 2 amide bonds. The summed E-state index contributed by atoms with van der Waals surface area (Å²) in [5, 5.41) is 3.35. The van der Waals surface area contributed by atoms with Crippen molar-refractivity contribution in [3.8, 4) is 0 Å². The Balaban J connectivity index is 1.83. The maximum absolute atomic E-state index is 14.6. The van der Waals surface area contributed by atoms with Gasteiger partial charge in [-0.2, -0.15) is 0 Å². The zero-order valence-electron chi connectivity index (χ0n) is 26.2. The van der Waals surface area contributed by atoms with Gasteiger partial charge in [-0.3, -0.25) is 13.9 Å². The minimum atomic E-state index is -4.21. The van der Waals surface area contributed by atoms with Gasteiger partial charge in [-0.25, -0.2) is 8.42 Å². The van der Waals surface area contributed by atoms with Crippen LogP contribution in [0.3, 0.4) is 0 Å². The Hall–Kier alpha value is -4.14. The summed E-state index contributed by atoms with van der Waals surface area (Å²) in [6.07, 6.45) is 0.987. The summed E-state index contributed by atoms with van der Waals surface area (Å²) in [5.41, 5.74) is 4.42. The number of halogens is 1. The summed E-state index contributed by atoms with van der Waals surface area (Å²) in [6, 6.07) is 27.8. The Morgan fingerprint density at radius 3 is 2.18 bits per heavy atom. The van der Waals surface area contributed by atoms with Crippen molar-refractivity contribution < 1.29 is 18.0 Å². The molecule has 0 fully saturated rings. The van der Waals surface area contributed by atoms with Gasteiger partial charge in [-0.05, 0) is 73.7 Å². The Morgan fingerprint density at radius 1 is 0.844 bits per heavy atom. The molecule has 7 nitrogen and oxygen atoms in total. The first-order valence-corrected chi connectivity index (χ1v) is 16.8. The van der Waals surface area contributed by atoms with Gasteiger partial charge in [0.25, 0.3) is 10.0 Å². The van der Waals surface area contributed by atoms with Crippen LogP contribution in [0.1, 0.15) is 41.2 Å². The summed E-state index contributed by atoms with van der Waals surface area (Å²) in [5.74, 6) is -0.810. The minimum absolute atomic E-state index is 0.0484. The first-order chi connectivity index (χ1) is 21.5. The Bertz CT molecular complexity index is 1730. The molecule has 1 atom stereocenters. The second-order valence-corrected chi connectivity index (χ2v) is 13.4. The van der Waals surface area contributed by atoms with Gasteiger partial charge in [0.1, 0.15) is 12.6 Å². The maximum Gasteiger partial charge on any atom is 0.264 e. The lowest BCUT2D eigenvalue weighted by atomic mass is 10.0. The summed E-state index contributed by atoms with van der Waals surface area (Å²) in [6.45, 7) is 7.55. The molecule has 1 N–H and O–H groups in total. The predicted molar refractivity (Wildman–Crippen MR) is 181 cm³/mol. The monoisotopic (exact) mass is 645 g/mol. The number of amides is 2. The fraction of sp³-hybridized carbons (Fsp3) is 0.278. The van der Waals surface area contributed by atoms with Crippen LogP contribution >= 0.6 is 11.6 Å². The molecular formula is C36H40ClN3O4S. The number of sulfonamides is 1. The van der Waals surface area contributed by atoms with E-state index in [-0.39, 0.29) is 23.8 Å². The van der Waals surface area contributed by atoms with Crippen LogP contribution in [0.25, 0.3) is 0 Å². The largest absolute Gasteiger partial charge is 0.354 e. The lowest BCUT2D eigenvalue weighted by Gasteiger charge is -2.34. The highest BCUT2D eigenvalue weighted by Crippen LogP contribution is 2.31. The summed E-state index contributed by atoms with van der Waals surface area (Å²) in [4.78, 5) is 29.9. The van der Waals surface area contributed by atoms with Crippen molar-refractivity contribution in [1.82, 2.24) is 10.2 Å². The predicted octanol–water partition coefficient (Wildman–Crippen LogP) is 6.63. The first kappa shape index (κ1) is 33.7. The van der Waals surface area contributed by atoms with E-state index in [0.29, 0.717) is 22.8 Å². The lowest BCUT2D eigenvalue weighted by molar-refractivity contribution is -0.140. The molecule has 0 aromatic heterocycles. The minimum Gasteiger partial charge on any atom is -0.354 e. The number of carbonyl (C=O) groups excluding carboxylic acids is 2. The van der Waals surface area contributed by atoms with Gasteiger partial charge in [0, 0.05) is 24.5 Å². The molecule has 9 heteroatoms. The van der Waals surface area contributed by atoms with Crippen LogP contribution in [0.15, 0.2) is 102 Å². The zero-order chi connectivity index (χ0) is 32.6. The number of nitrogens with one attached hydrogen (secondary N) is 1. The van der Waals surface area contributed by atoms with Gasteiger partial charge < -0.3 is 10.2 Å². The van der Waals surface area contributed by atoms with Crippen molar-refractivity contribution in [2.75, 3.05) is 17.4 Å². The molecule has 0 aliphatic rings. The van der Waals surface area contributed by atoms with Crippen LogP contribution in [0.4, 0.5) is 5.69 Å². The average molecular weight is 646 g/mol. The van der Waals surface area contributed by atoms with Crippen LogP contribution in [-0.4, -0.2) is 44.3 Å². The molecule has 1 unspecified atom stereocenters. The van der Waals surface area contributed by atoms with Crippen molar-refractivity contribution in [3.63, 3.8) is 0 Å². The molecule has 0 bridgehead atoms. The fourth-order valence-electron chi connectivity index (χ4n) is 5.11. The molecule has 0 heterocycles. The highest BCUT2D eigenvalue weighted by molar-refractivity contribution is 7.92. The Kier molecular flexibility index (Phi) is 11.4. The van der Waals surface area contributed by atoms with E-state index in [9.17, 15) is 18.0 Å². The molecule has 0 aliphatic heterocycles. The number of nitrogens with zero attached hydrogens (tertiary/aromatic N) is 2. The van der Waals surface area contributed by atoms with E-state index in [2.05, 4.69) is 5.32 Å². The van der Waals surface area contributed by atoms with E-state index in [0.717, 1.165) is 33.0 Å². The highest BCUT2D eigenvalue weighted by Gasteiger charge is 2.35. The Labute approximate surface area is 271 Å². The quantitative estimate of drug-likeness (QED) is 0.177. The molecule has 236 valence electrons. The second kappa shape index (κ2) is 15.2. The first-order valence-electron chi connectivity index (χ1n) is 15.0. The smallest absolute Gasteiger partial charge is 0.264 e. The van der Waals surface area contributed by atoms with Crippen molar-refractivity contribution >= 4 is 39.1 Å².